The summed E-state index contributed by atoms with van der Waals surface area (Å²) in [4.78, 5) is 10.6. The molecule has 0 atom stereocenters. The van der Waals surface area contributed by atoms with Gasteiger partial charge in [-0.3, -0.25) is 10.1 Å². The van der Waals surface area contributed by atoms with Gasteiger partial charge in [0.25, 0.3) is 12.0 Å². The van der Waals surface area contributed by atoms with Crippen molar-refractivity contribution in [3.63, 3.8) is 0 Å². The van der Waals surface area contributed by atoms with Crippen molar-refractivity contribution in [3.05, 3.63) is 64.4 Å². The van der Waals surface area contributed by atoms with Crippen molar-refractivity contribution < 1.29 is 28.3 Å². The number of rotatable bonds is 5. The molecule has 2 aromatic rings. The van der Waals surface area contributed by atoms with Gasteiger partial charge in [0.1, 0.15) is 35.4 Å². The van der Waals surface area contributed by atoms with Gasteiger partial charge in [0, 0.05) is 11.6 Å². The Morgan fingerprint density at radius 1 is 1.04 bits per heavy atom. The van der Waals surface area contributed by atoms with E-state index in [1.165, 1.54) is 32.8 Å². The number of methoxy groups -OCH3 is 2. The summed E-state index contributed by atoms with van der Waals surface area (Å²) in [6, 6.07) is 7.03. The predicted octanol–water partition coefficient (Wildman–Crippen LogP) is 3.93. The lowest BCUT2D eigenvalue weighted by Crippen LogP contribution is -2.05. The molecule has 0 aliphatic carbocycles. The van der Waals surface area contributed by atoms with E-state index in [1.807, 2.05) is 0 Å². The SMILES string of the molecule is COc1cc(OC)cc(-c2cc(C3OC=CO3)c([N+](=O)[O-])cc2F)c1. The quantitative estimate of drug-likeness (QED) is 0.602. The highest BCUT2D eigenvalue weighted by molar-refractivity contribution is 5.70. The molecule has 0 spiro atoms. The minimum absolute atomic E-state index is 0.105. The van der Waals surface area contributed by atoms with Crippen LogP contribution >= 0.6 is 0 Å². The number of nitro benzene ring substituents is 1. The molecule has 0 saturated carbocycles. The van der Waals surface area contributed by atoms with E-state index in [1.54, 1.807) is 18.2 Å². The van der Waals surface area contributed by atoms with Crippen LogP contribution in [0.1, 0.15) is 11.9 Å². The minimum atomic E-state index is -1.01. The molecule has 1 aliphatic rings. The van der Waals surface area contributed by atoms with Gasteiger partial charge in [0.15, 0.2) is 0 Å². The Labute approximate surface area is 142 Å². The van der Waals surface area contributed by atoms with Crippen LogP contribution in [0.15, 0.2) is 42.9 Å². The van der Waals surface area contributed by atoms with Gasteiger partial charge in [0.05, 0.1) is 25.2 Å². The summed E-state index contributed by atoms with van der Waals surface area (Å²) in [6.07, 6.45) is 1.53. The molecule has 0 N–H and O–H groups in total. The van der Waals surface area contributed by atoms with Crippen LogP contribution in [0.3, 0.4) is 0 Å². The number of benzene rings is 2. The second-order valence-electron chi connectivity index (χ2n) is 5.13. The summed E-state index contributed by atoms with van der Waals surface area (Å²) in [6.45, 7) is 0. The van der Waals surface area contributed by atoms with Gasteiger partial charge < -0.3 is 18.9 Å². The fraction of sp³-hybridized carbons (Fsp3) is 0.176. The first kappa shape index (κ1) is 16.6. The summed E-state index contributed by atoms with van der Waals surface area (Å²) < 4.78 is 35.3. The molecule has 130 valence electrons. The first-order valence-electron chi connectivity index (χ1n) is 7.20. The van der Waals surface area contributed by atoms with E-state index in [4.69, 9.17) is 18.9 Å². The lowest BCUT2D eigenvalue weighted by molar-refractivity contribution is -0.386. The Morgan fingerprint density at radius 2 is 1.64 bits per heavy atom. The Hall–Kier alpha value is -3.29. The molecule has 1 aliphatic heterocycles. The fourth-order valence-electron chi connectivity index (χ4n) is 2.50. The minimum Gasteiger partial charge on any atom is -0.497 e. The first-order valence-corrected chi connectivity index (χ1v) is 7.20. The lowest BCUT2D eigenvalue weighted by atomic mass is 10.00. The summed E-state index contributed by atoms with van der Waals surface area (Å²) in [5.41, 5.74) is 0.255. The van der Waals surface area contributed by atoms with E-state index in [2.05, 4.69) is 0 Å². The highest BCUT2D eigenvalue weighted by Gasteiger charge is 2.28. The van der Waals surface area contributed by atoms with E-state index in [9.17, 15) is 14.5 Å². The normalized spacial score (nSPS) is 13.2. The van der Waals surface area contributed by atoms with Crippen LogP contribution in [0.4, 0.5) is 10.1 Å². The number of nitro groups is 1. The zero-order valence-corrected chi connectivity index (χ0v) is 13.4. The van der Waals surface area contributed by atoms with Gasteiger partial charge in [-0.15, -0.1) is 0 Å². The molecule has 0 fully saturated rings. The predicted molar refractivity (Wildman–Crippen MR) is 85.6 cm³/mol. The third-order valence-corrected chi connectivity index (χ3v) is 3.69. The number of hydrogen-bond acceptors (Lipinski definition) is 6. The molecule has 25 heavy (non-hydrogen) atoms. The molecular weight excluding hydrogens is 333 g/mol. The third-order valence-electron chi connectivity index (χ3n) is 3.69. The Balaban J connectivity index is 2.16. The highest BCUT2D eigenvalue weighted by Crippen LogP contribution is 2.38. The summed E-state index contributed by atoms with van der Waals surface area (Å²) in [5.74, 6) is 0.170. The maximum absolute atomic E-state index is 14.6. The zero-order chi connectivity index (χ0) is 18.0. The topological polar surface area (TPSA) is 80.1 Å². The van der Waals surface area contributed by atoms with Crippen LogP contribution in [-0.2, 0) is 9.47 Å². The van der Waals surface area contributed by atoms with Crippen LogP contribution in [0.2, 0.25) is 0 Å². The van der Waals surface area contributed by atoms with Gasteiger partial charge in [-0.05, 0) is 23.8 Å². The van der Waals surface area contributed by atoms with Gasteiger partial charge in [0.2, 0.25) is 0 Å². The smallest absolute Gasteiger partial charge is 0.283 e. The largest absolute Gasteiger partial charge is 0.497 e. The van der Waals surface area contributed by atoms with Gasteiger partial charge in [-0.1, -0.05) is 0 Å². The van der Waals surface area contributed by atoms with Crippen molar-refractivity contribution >= 4 is 5.69 Å². The molecule has 0 saturated heterocycles. The third kappa shape index (κ3) is 3.18. The average Bonchev–Trinajstić information content (AvgIpc) is 3.15. The standard InChI is InChI=1S/C17H14FNO6/c1-22-11-5-10(6-12(7-11)23-2)13-8-14(17-24-3-4-25-17)16(19(20)21)9-15(13)18/h3-9,17H,1-2H3. The average molecular weight is 347 g/mol. The van der Waals surface area contributed by atoms with Crippen molar-refractivity contribution in [1.29, 1.82) is 0 Å². The molecule has 0 aromatic heterocycles. The van der Waals surface area contributed by atoms with Gasteiger partial charge >= 0.3 is 0 Å². The molecule has 7 nitrogen and oxygen atoms in total. The lowest BCUT2D eigenvalue weighted by Gasteiger charge is -2.14. The number of hydrogen-bond donors (Lipinski definition) is 0. The summed E-state index contributed by atoms with van der Waals surface area (Å²) in [5, 5.41) is 11.2. The highest BCUT2D eigenvalue weighted by atomic mass is 19.1. The molecule has 0 bridgehead atoms. The van der Waals surface area contributed by atoms with Crippen molar-refractivity contribution in [1.82, 2.24) is 0 Å². The summed E-state index contributed by atoms with van der Waals surface area (Å²) in [7, 11) is 2.95. The zero-order valence-electron chi connectivity index (χ0n) is 13.4. The van der Waals surface area contributed by atoms with E-state index < -0.39 is 22.7 Å². The molecule has 1 heterocycles. The molecular formula is C17H14FNO6. The van der Waals surface area contributed by atoms with E-state index >= 15 is 0 Å². The van der Waals surface area contributed by atoms with Gasteiger partial charge in [-0.25, -0.2) is 4.39 Å². The summed E-state index contributed by atoms with van der Waals surface area (Å²) >= 11 is 0. The van der Waals surface area contributed by atoms with Crippen molar-refractivity contribution in [3.8, 4) is 22.6 Å². The second-order valence-corrected chi connectivity index (χ2v) is 5.13. The maximum atomic E-state index is 14.6. The molecule has 0 unspecified atom stereocenters. The molecule has 0 amide bonds. The van der Waals surface area contributed by atoms with Crippen LogP contribution in [-0.4, -0.2) is 19.1 Å². The van der Waals surface area contributed by atoms with Crippen molar-refractivity contribution in [2.75, 3.05) is 14.2 Å². The fourth-order valence-corrected chi connectivity index (χ4v) is 2.50. The number of ether oxygens (including phenoxy) is 4. The monoisotopic (exact) mass is 347 g/mol. The van der Waals surface area contributed by atoms with Gasteiger partial charge in [-0.2, -0.15) is 0 Å². The number of halogens is 1. The molecule has 8 heteroatoms. The number of nitrogens with zero attached hydrogens (tertiary/aromatic N) is 1. The second kappa shape index (κ2) is 6.68. The van der Waals surface area contributed by atoms with E-state index in [0.29, 0.717) is 17.1 Å². The van der Waals surface area contributed by atoms with Crippen LogP contribution in [0.25, 0.3) is 11.1 Å². The molecule has 0 radical (unpaired) electrons. The van der Waals surface area contributed by atoms with E-state index in [-0.39, 0.29) is 11.1 Å². The Bertz CT molecular complexity index is 821. The van der Waals surface area contributed by atoms with Crippen LogP contribution in [0, 0.1) is 15.9 Å². The Morgan fingerprint density at radius 3 is 2.16 bits per heavy atom. The van der Waals surface area contributed by atoms with Crippen molar-refractivity contribution in [2.45, 2.75) is 6.29 Å². The molecule has 3 rings (SSSR count). The van der Waals surface area contributed by atoms with Crippen molar-refractivity contribution in [2.24, 2.45) is 0 Å². The Kier molecular flexibility index (Phi) is 4.42. The van der Waals surface area contributed by atoms with E-state index in [0.717, 1.165) is 6.07 Å². The first-order chi connectivity index (χ1) is 12.0. The van der Waals surface area contributed by atoms with Crippen LogP contribution in [0.5, 0.6) is 11.5 Å². The maximum Gasteiger partial charge on any atom is 0.283 e. The van der Waals surface area contributed by atoms with Crippen LogP contribution < -0.4 is 9.47 Å². The molecule has 2 aromatic carbocycles.